The van der Waals surface area contributed by atoms with E-state index in [9.17, 15) is 5.11 Å². The van der Waals surface area contributed by atoms with Crippen molar-refractivity contribution in [1.29, 1.82) is 0 Å². The molecule has 0 unspecified atom stereocenters. The molecule has 0 aromatic heterocycles. The summed E-state index contributed by atoms with van der Waals surface area (Å²) in [5.41, 5.74) is 0. The van der Waals surface area contributed by atoms with Crippen molar-refractivity contribution in [3.63, 3.8) is 0 Å². The molecule has 2 saturated heterocycles. The van der Waals surface area contributed by atoms with Gasteiger partial charge in [-0.25, -0.2) is 0 Å². The van der Waals surface area contributed by atoms with Gasteiger partial charge in [-0.3, -0.25) is 4.90 Å². The highest BCUT2D eigenvalue weighted by molar-refractivity contribution is 4.85. The number of hydrogen-bond acceptors (Lipinski definition) is 3. The Morgan fingerprint density at radius 2 is 2.00 bits per heavy atom. The Hall–Kier alpha value is -0.120. The number of nitrogens with one attached hydrogen (secondary N) is 1. The Morgan fingerprint density at radius 1 is 1.25 bits per heavy atom. The molecule has 3 heteroatoms. The second-order valence-corrected chi connectivity index (χ2v) is 5.38. The van der Waals surface area contributed by atoms with Gasteiger partial charge in [0.2, 0.25) is 0 Å². The molecule has 0 aliphatic carbocycles. The highest BCUT2D eigenvalue weighted by Gasteiger charge is 2.31. The molecule has 0 spiro atoms. The normalized spacial score (nSPS) is 34.1. The molecule has 2 aliphatic rings. The van der Waals surface area contributed by atoms with Crippen LogP contribution in [0.1, 0.15) is 39.0 Å². The Balaban J connectivity index is 1.86. The Bertz CT molecular complexity index is 204. The first kappa shape index (κ1) is 12.3. The molecular formula is C13H26N2O. The molecule has 2 aliphatic heterocycles. The quantitative estimate of drug-likeness (QED) is 0.759. The summed E-state index contributed by atoms with van der Waals surface area (Å²) in [6.45, 7) is 6.78. The second kappa shape index (κ2) is 5.99. The Labute approximate surface area is 99.2 Å². The zero-order chi connectivity index (χ0) is 11.4. The minimum absolute atomic E-state index is 0.0436. The van der Waals surface area contributed by atoms with Crippen LogP contribution in [0, 0.1) is 5.92 Å². The lowest BCUT2D eigenvalue weighted by atomic mass is 9.89. The molecule has 2 atom stereocenters. The molecule has 2 heterocycles. The molecule has 0 aromatic carbocycles. The molecule has 0 saturated carbocycles. The monoisotopic (exact) mass is 226 g/mol. The molecular weight excluding hydrogens is 200 g/mol. The van der Waals surface area contributed by atoms with E-state index in [2.05, 4.69) is 17.1 Å². The minimum Gasteiger partial charge on any atom is -0.393 e. The van der Waals surface area contributed by atoms with Crippen LogP contribution in [0.4, 0.5) is 0 Å². The smallest absolute Gasteiger partial charge is 0.0592 e. The third-order valence-electron chi connectivity index (χ3n) is 4.21. The van der Waals surface area contributed by atoms with Crippen LogP contribution >= 0.6 is 0 Å². The number of likely N-dealkylation sites (tertiary alicyclic amines) is 1. The van der Waals surface area contributed by atoms with Gasteiger partial charge in [-0.1, -0.05) is 13.3 Å². The fourth-order valence-electron chi connectivity index (χ4n) is 3.21. The number of aliphatic hydroxyl groups excluding tert-OH is 1. The average Bonchev–Trinajstić information content (AvgIpc) is 2.33. The number of aliphatic hydroxyl groups is 1. The van der Waals surface area contributed by atoms with E-state index in [1.165, 1.54) is 38.8 Å². The van der Waals surface area contributed by atoms with E-state index in [1.54, 1.807) is 0 Å². The van der Waals surface area contributed by atoms with Crippen molar-refractivity contribution in [2.24, 2.45) is 5.92 Å². The molecule has 0 aromatic rings. The van der Waals surface area contributed by atoms with Gasteiger partial charge < -0.3 is 10.4 Å². The van der Waals surface area contributed by atoms with Gasteiger partial charge in [-0.05, 0) is 44.7 Å². The minimum atomic E-state index is -0.0436. The standard InChI is InChI=1S/C13H26N2O/c1-2-3-11-10-15(9-6-13(11)16)12-4-7-14-8-5-12/h11-14,16H,2-10H2,1H3/t11-,13+/m0/s1. The molecule has 0 amide bonds. The predicted molar refractivity (Wildman–Crippen MR) is 66.5 cm³/mol. The maximum atomic E-state index is 9.98. The van der Waals surface area contributed by atoms with E-state index in [0.717, 1.165) is 25.6 Å². The third-order valence-corrected chi connectivity index (χ3v) is 4.21. The van der Waals surface area contributed by atoms with E-state index in [1.807, 2.05) is 0 Å². The molecule has 3 nitrogen and oxygen atoms in total. The molecule has 2 fully saturated rings. The maximum Gasteiger partial charge on any atom is 0.0592 e. The SMILES string of the molecule is CCC[C@H]1CN(C2CCNCC2)CC[C@H]1O. The molecule has 2 rings (SSSR count). The van der Waals surface area contributed by atoms with Gasteiger partial charge in [-0.2, -0.15) is 0 Å². The summed E-state index contributed by atoms with van der Waals surface area (Å²) in [5.74, 6) is 0.522. The lowest BCUT2D eigenvalue weighted by Gasteiger charge is -2.42. The van der Waals surface area contributed by atoms with Crippen molar-refractivity contribution >= 4 is 0 Å². The lowest BCUT2D eigenvalue weighted by Crippen LogP contribution is -2.50. The molecule has 0 bridgehead atoms. The first-order chi connectivity index (χ1) is 7.81. The van der Waals surface area contributed by atoms with E-state index in [4.69, 9.17) is 0 Å². The maximum absolute atomic E-state index is 9.98. The fourth-order valence-corrected chi connectivity index (χ4v) is 3.21. The largest absolute Gasteiger partial charge is 0.393 e. The number of rotatable bonds is 3. The van der Waals surface area contributed by atoms with E-state index in [-0.39, 0.29) is 6.10 Å². The Morgan fingerprint density at radius 3 is 2.69 bits per heavy atom. The van der Waals surface area contributed by atoms with Crippen molar-refractivity contribution in [2.75, 3.05) is 26.2 Å². The van der Waals surface area contributed by atoms with Crippen LogP contribution in [0.15, 0.2) is 0 Å². The predicted octanol–water partition coefficient (Wildman–Crippen LogP) is 1.22. The molecule has 2 N–H and O–H groups in total. The second-order valence-electron chi connectivity index (χ2n) is 5.38. The number of nitrogens with zero attached hydrogens (tertiary/aromatic N) is 1. The average molecular weight is 226 g/mol. The van der Waals surface area contributed by atoms with Crippen molar-refractivity contribution in [3.8, 4) is 0 Å². The topological polar surface area (TPSA) is 35.5 Å². The summed E-state index contributed by atoms with van der Waals surface area (Å²) >= 11 is 0. The van der Waals surface area contributed by atoms with E-state index >= 15 is 0 Å². The van der Waals surface area contributed by atoms with Crippen molar-refractivity contribution < 1.29 is 5.11 Å². The van der Waals surface area contributed by atoms with Gasteiger partial charge >= 0.3 is 0 Å². The van der Waals surface area contributed by atoms with Gasteiger partial charge in [0.05, 0.1) is 6.10 Å². The first-order valence-corrected chi connectivity index (χ1v) is 6.94. The van der Waals surface area contributed by atoms with Crippen LogP contribution in [0.2, 0.25) is 0 Å². The summed E-state index contributed by atoms with van der Waals surface area (Å²) in [5, 5.41) is 13.4. The van der Waals surface area contributed by atoms with Crippen LogP contribution in [-0.4, -0.2) is 48.3 Å². The summed E-state index contributed by atoms with van der Waals surface area (Å²) in [6, 6.07) is 0.771. The highest BCUT2D eigenvalue weighted by Crippen LogP contribution is 2.25. The zero-order valence-electron chi connectivity index (χ0n) is 10.5. The number of hydrogen-bond donors (Lipinski definition) is 2. The van der Waals surface area contributed by atoms with Crippen molar-refractivity contribution in [3.05, 3.63) is 0 Å². The first-order valence-electron chi connectivity index (χ1n) is 6.94. The van der Waals surface area contributed by atoms with Gasteiger partial charge in [-0.15, -0.1) is 0 Å². The van der Waals surface area contributed by atoms with Gasteiger partial charge in [0.1, 0.15) is 0 Å². The Kier molecular flexibility index (Phi) is 4.62. The van der Waals surface area contributed by atoms with Crippen LogP contribution < -0.4 is 5.32 Å². The van der Waals surface area contributed by atoms with Crippen LogP contribution in [0.3, 0.4) is 0 Å². The van der Waals surface area contributed by atoms with Crippen LogP contribution in [0.25, 0.3) is 0 Å². The molecule has 0 radical (unpaired) electrons. The van der Waals surface area contributed by atoms with E-state index in [0.29, 0.717) is 5.92 Å². The summed E-state index contributed by atoms with van der Waals surface area (Å²) in [4.78, 5) is 2.63. The molecule has 16 heavy (non-hydrogen) atoms. The van der Waals surface area contributed by atoms with Gasteiger partial charge in [0.25, 0.3) is 0 Å². The third kappa shape index (κ3) is 2.96. The van der Waals surface area contributed by atoms with Crippen molar-refractivity contribution in [1.82, 2.24) is 10.2 Å². The van der Waals surface area contributed by atoms with Crippen molar-refractivity contribution in [2.45, 2.75) is 51.2 Å². The summed E-state index contributed by atoms with van der Waals surface area (Å²) in [7, 11) is 0. The lowest BCUT2D eigenvalue weighted by molar-refractivity contribution is 0.000682. The van der Waals surface area contributed by atoms with Crippen LogP contribution in [-0.2, 0) is 0 Å². The van der Waals surface area contributed by atoms with Gasteiger partial charge in [0.15, 0.2) is 0 Å². The van der Waals surface area contributed by atoms with Gasteiger partial charge in [0, 0.05) is 19.1 Å². The summed E-state index contributed by atoms with van der Waals surface area (Å²) < 4.78 is 0. The van der Waals surface area contributed by atoms with Crippen LogP contribution in [0.5, 0.6) is 0 Å². The molecule has 94 valence electrons. The highest BCUT2D eigenvalue weighted by atomic mass is 16.3. The van der Waals surface area contributed by atoms with E-state index < -0.39 is 0 Å². The zero-order valence-corrected chi connectivity index (χ0v) is 10.5. The summed E-state index contributed by atoms with van der Waals surface area (Å²) in [6.07, 6.45) is 5.89. The fraction of sp³-hybridized carbons (Fsp3) is 1.00. The number of piperidine rings is 2.